The van der Waals surface area contributed by atoms with E-state index in [1.165, 1.54) is 6.07 Å². The van der Waals surface area contributed by atoms with Crippen LogP contribution in [0.5, 0.6) is 0 Å². The average molecular weight is 337 g/mol. The summed E-state index contributed by atoms with van der Waals surface area (Å²) in [7, 11) is 0. The highest BCUT2D eigenvalue weighted by atomic mass is 79.9. The van der Waals surface area contributed by atoms with Crippen LogP contribution < -0.4 is 0 Å². The molecular weight excluding hydrogens is 333 g/mol. The van der Waals surface area contributed by atoms with Crippen molar-refractivity contribution < 1.29 is 22.9 Å². The summed E-state index contributed by atoms with van der Waals surface area (Å²) in [6.07, 6.45) is -4.87. The molecule has 100 valence electrons. The summed E-state index contributed by atoms with van der Waals surface area (Å²) >= 11 is 2.71. The van der Waals surface area contributed by atoms with Crippen LogP contribution >= 0.6 is 15.9 Å². The van der Waals surface area contributed by atoms with Crippen molar-refractivity contribution in [3.8, 4) is 6.07 Å². The molecule has 0 amide bonds. The molecule has 0 aliphatic rings. The first-order chi connectivity index (χ1) is 8.73. The minimum absolute atomic E-state index is 0.418. The van der Waals surface area contributed by atoms with Crippen molar-refractivity contribution in [2.75, 3.05) is 5.33 Å². The zero-order valence-electron chi connectivity index (χ0n) is 8.99. The lowest BCUT2D eigenvalue weighted by atomic mass is 9.97. The van der Waals surface area contributed by atoms with Crippen molar-refractivity contribution in [2.45, 2.75) is 6.18 Å². The molecule has 0 aliphatic heterocycles. The highest BCUT2D eigenvalue weighted by Crippen LogP contribution is 2.36. The molecule has 0 N–H and O–H groups in total. The van der Waals surface area contributed by atoms with Crippen LogP contribution in [0.2, 0.25) is 0 Å². The molecule has 0 aromatic heterocycles. The molecule has 0 atom stereocenters. The van der Waals surface area contributed by atoms with Gasteiger partial charge in [-0.1, -0.05) is 15.9 Å². The Morgan fingerprint density at radius 3 is 2.42 bits per heavy atom. The van der Waals surface area contributed by atoms with Gasteiger partial charge in [0.25, 0.3) is 5.69 Å². The molecule has 0 spiro atoms. The molecule has 9 heteroatoms. The molecule has 19 heavy (non-hydrogen) atoms. The van der Waals surface area contributed by atoms with Crippen molar-refractivity contribution >= 4 is 27.4 Å². The number of rotatable bonds is 3. The smallest absolute Gasteiger partial charge is 0.293 e. The van der Waals surface area contributed by atoms with Gasteiger partial charge in [-0.3, -0.25) is 14.9 Å². The summed E-state index contributed by atoms with van der Waals surface area (Å²) in [6, 6.07) is 2.20. The van der Waals surface area contributed by atoms with Crippen molar-refractivity contribution in [1.29, 1.82) is 5.26 Å². The Hall–Kier alpha value is -1.95. The quantitative estimate of drug-likeness (QED) is 0.367. The van der Waals surface area contributed by atoms with Crippen molar-refractivity contribution in [1.82, 2.24) is 0 Å². The Morgan fingerprint density at radius 2 is 2.05 bits per heavy atom. The second kappa shape index (κ2) is 5.36. The minimum atomic E-state index is -4.87. The molecule has 0 radical (unpaired) electrons. The molecule has 1 aromatic rings. The molecular formula is C10H4BrF3N2O3. The molecule has 0 saturated heterocycles. The van der Waals surface area contributed by atoms with E-state index in [1.54, 1.807) is 0 Å². The van der Waals surface area contributed by atoms with E-state index in [0.29, 0.717) is 12.1 Å². The maximum atomic E-state index is 12.7. The standard InChI is InChI=1S/C10H4BrF3N2O3/c11-3-8(17)9-5(4-15)6(10(12,13)14)1-2-7(9)16(18)19/h1-2H,3H2. The van der Waals surface area contributed by atoms with Crippen LogP contribution in [0.15, 0.2) is 12.1 Å². The van der Waals surface area contributed by atoms with Crippen molar-refractivity contribution in [3.63, 3.8) is 0 Å². The number of carbonyl (C=O) groups is 1. The molecule has 0 bridgehead atoms. The topological polar surface area (TPSA) is 84.0 Å². The SMILES string of the molecule is N#Cc1c(C(F)(F)F)ccc([N+](=O)[O-])c1C(=O)CBr. The fourth-order valence-corrected chi connectivity index (χ4v) is 1.73. The summed E-state index contributed by atoms with van der Waals surface area (Å²) in [6.45, 7) is 0. The number of ketones is 1. The van der Waals surface area contributed by atoms with Crippen molar-refractivity contribution in [3.05, 3.63) is 38.9 Å². The van der Waals surface area contributed by atoms with Crippen LogP contribution in [0, 0.1) is 21.4 Å². The summed E-state index contributed by atoms with van der Waals surface area (Å²) < 4.78 is 38.0. The van der Waals surface area contributed by atoms with Gasteiger partial charge in [0.1, 0.15) is 11.6 Å². The first kappa shape index (κ1) is 15.1. The number of benzene rings is 1. The number of nitriles is 1. The van der Waals surface area contributed by atoms with E-state index in [-0.39, 0.29) is 0 Å². The van der Waals surface area contributed by atoms with Gasteiger partial charge in [-0.25, -0.2) is 0 Å². The van der Waals surface area contributed by atoms with E-state index in [4.69, 9.17) is 5.26 Å². The number of Topliss-reactive ketones (excluding diaryl/α,β-unsaturated/α-hetero) is 1. The molecule has 0 unspecified atom stereocenters. The monoisotopic (exact) mass is 336 g/mol. The van der Waals surface area contributed by atoms with E-state index in [2.05, 4.69) is 15.9 Å². The van der Waals surface area contributed by atoms with Crippen molar-refractivity contribution in [2.24, 2.45) is 0 Å². The number of nitro groups is 1. The summed E-state index contributed by atoms with van der Waals surface area (Å²) in [5, 5.41) is 19.1. The maximum absolute atomic E-state index is 12.7. The van der Waals surface area contributed by atoms with E-state index >= 15 is 0 Å². The third-order valence-electron chi connectivity index (χ3n) is 2.20. The summed E-state index contributed by atoms with van der Waals surface area (Å²) in [5.41, 5.74) is -4.07. The molecule has 0 aliphatic carbocycles. The number of nitro benzene ring substituents is 1. The van der Waals surface area contributed by atoms with Crippen LogP contribution in [0.1, 0.15) is 21.5 Å². The van der Waals surface area contributed by atoms with Gasteiger partial charge in [0, 0.05) is 6.07 Å². The molecule has 0 heterocycles. The molecule has 1 aromatic carbocycles. The van der Waals surface area contributed by atoms with Crippen LogP contribution in [-0.4, -0.2) is 16.0 Å². The minimum Gasteiger partial charge on any atom is -0.293 e. The molecule has 5 nitrogen and oxygen atoms in total. The molecule has 1 rings (SSSR count). The Kier molecular flexibility index (Phi) is 4.26. The first-order valence-corrected chi connectivity index (χ1v) is 5.74. The van der Waals surface area contributed by atoms with Gasteiger partial charge >= 0.3 is 6.18 Å². The van der Waals surface area contributed by atoms with Gasteiger partial charge < -0.3 is 0 Å². The highest BCUT2D eigenvalue weighted by molar-refractivity contribution is 9.09. The molecule has 0 saturated carbocycles. The normalized spacial score (nSPS) is 10.9. The third-order valence-corrected chi connectivity index (χ3v) is 2.71. The predicted octanol–water partition coefficient (Wildman–Crippen LogP) is 3.06. The zero-order chi connectivity index (χ0) is 14.8. The van der Waals surface area contributed by atoms with Crippen LogP contribution in [0.25, 0.3) is 0 Å². The number of hydrogen-bond donors (Lipinski definition) is 0. The Bertz CT molecular complexity index is 593. The summed E-state index contributed by atoms with van der Waals surface area (Å²) in [5.74, 6) is -0.964. The van der Waals surface area contributed by atoms with Crippen LogP contribution in [0.3, 0.4) is 0 Å². The van der Waals surface area contributed by atoms with Gasteiger partial charge in [0.2, 0.25) is 0 Å². The lowest BCUT2D eigenvalue weighted by Gasteiger charge is -2.11. The number of alkyl halides is 4. The van der Waals surface area contributed by atoms with Gasteiger partial charge in [0.15, 0.2) is 5.78 Å². The number of nitrogens with zero attached hydrogens (tertiary/aromatic N) is 2. The fourth-order valence-electron chi connectivity index (χ4n) is 1.45. The predicted molar refractivity (Wildman–Crippen MR) is 60.9 cm³/mol. The van der Waals surface area contributed by atoms with E-state index < -0.39 is 44.6 Å². The summed E-state index contributed by atoms with van der Waals surface area (Å²) in [4.78, 5) is 21.2. The Labute approximate surface area is 112 Å². The average Bonchev–Trinajstić information content (AvgIpc) is 2.34. The third kappa shape index (κ3) is 2.90. The Morgan fingerprint density at radius 1 is 1.47 bits per heavy atom. The van der Waals surface area contributed by atoms with E-state index in [1.807, 2.05) is 0 Å². The first-order valence-electron chi connectivity index (χ1n) is 4.61. The second-order valence-corrected chi connectivity index (χ2v) is 3.87. The number of halogens is 4. The number of hydrogen-bond acceptors (Lipinski definition) is 4. The molecule has 0 fully saturated rings. The zero-order valence-corrected chi connectivity index (χ0v) is 10.6. The Balaban J connectivity index is 3.76. The van der Waals surface area contributed by atoms with Crippen LogP contribution in [-0.2, 0) is 6.18 Å². The van der Waals surface area contributed by atoms with Crippen LogP contribution in [0.4, 0.5) is 18.9 Å². The van der Waals surface area contributed by atoms with Gasteiger partial charge in [0.05, 0.1) is 21.4 Å². The lowest BCUT2D eigenvalue weighted by molar-refractivity contribution is -0.385. The highest BCUT2D eigenvalue weighted by Gasteiger charge is 2.38. The fraction of sp³-hybridized carbons (Fsp3) is 0.200. The largest absolute Gasteiger partial charge is 0.417 e. The van der Waals surface area contributed by atoms with E-state index in [0.717, 1.165) is 0 Å². The second-order valence-electron chi connectivity index (χ2n) is 3.31. The van der Waals surface area contributed by atoms with Gasteiger partial charge in [-0.05, 0) is 6.07 Å². The van der Waals surface area contributed by atoms with Gasteiger partial charge in [-0.15, -0.1) is 0 Å². The maximum Gasteiger partial charge on any atom is 0.417 e. The van der Waals surface area contributed by atoms with E-state index in [9.17, 15) is 28.1 Å². The number of carbonyl (C=O) groups excluding carboxylic acids is 1. The lowest BCUT2D eigenvalue weighted by Crippen LogP contribution is -2.15. The van der Waals surface area contributed by atoms with Gasteiger partial charge in [-0.2, -0.15) is 18.4 Å².